The van der Waals surface area contributed by atoms with Gasteiger partial charge in [-0.15, -0.1) is 0 Å². The molecule has 1 heterocycles. The van der Waals surface area contributed by atoms with Gasteiger partial charge in [-0.3, -0.25) is 9.78 Å². The maximum absolute atomic E-state index is 12.4. The summed E-state index contributed by atoms with van der Waals surface area (Å²) in [5.41, 5.74) is 1.70. The average molecular weight is 318 g/mol. The molecule has 116 valence electrons. The third kappa shape index (κ3) is 4.29. The lowest BCUT2D eigenvalue weighted by Gasteiger charge is -2.21. The Morgan fingerprint density at radius 3 is 2.73 bits per heavy atom. The lowest BCUT2D eigenvalue weighted by Crippen LogP contribution is -2.37. The number of amides is 1. The second kappa shape index (κ2) is 7.92. The standard InChI is InChI=1S/C17H20ClN3O/c1-12(11-19-2)17(22)21-16(15-8-3-4-9-20-15)13-6-5-7-14(18)10-13/h3-10,12,16,19H,11H2,1-2H3,(H,21,22). The van der Waals surface area contributed by atoms with E-state index < -0.39 is 0 Å². The fraction of sp³-hybridized carbons (Fsp3) is 0.294. The van der Waals surface area contributed by atoms with Gasteiger partial charge in [0.25, 0.3) is 0 Å². The number of benzene rings is 1. The topological polar surface area (TPSA) is 54.0 Å². The van der Waals surface area contributed by atoms with E-state index in [2.05, 4.69) is 15.6 Å². The minimum atomic E-state index is -0.313. The summed E-state index contributed by atoms with van der Waals surface area (Å²) >= 11 is 6.08. The van der Waals surface area contributed by atoms with Crippen LogP contribution in [0.2, 0.25) is 5.02 Å². The molecular formula is C17H20ClN3O. The summed E-state index contributed by atoms with van der Waals surface area (Å²) in [4.78, 5) is 16.7. The predicted octanol–water partition coefficient (Wildman–Crippen LogP) is 2.80. The van der Waals surface area contributed by atoms with Crippen LogP contribution in [0, 0.1) is 5.92 Å². The van der Waals surface area contributed by atoms with Gasteiger partial charge in [0, 0.05) is 23.7 Å². The second-order valence-corrected chi connectivity index (χ2v) is 5.65. The Morgan fingerprint density at radius 2 is 2.09 bits per heavy atom. The molecular weight excluding hydrogens is 298 g/mol. The van der Waals surface area contributed by atoms with E-state index in [0.717, 1.165) is 11.3 Å². The first-order valence-electron chi connectivity index (χ1n) is 7.23. The highest BCUT2D eigenvalue weighted by molar-refractivity contribution is 6.30. The van der Waals surface area contributed by atoms with Gasteiger partial charge in [-0.2, -0.15) is 0 Å². The van der Waals surface area contributed by atoms with Crippen LogP contribution in [0.15, 0.2) is 48.7 Å². The van der Waals surface area contributed by atoms with Crippen molar-refractivity contribution in [2.24, 2.45) is 5.92 Å². The Bertz CT molecular complexity index is 618. The Hall–Kier alpha value is -1.91. The Labute approximate surface area is 135 Å². The maximum atomic E-state index is 12.4. The number of halogens is 1. The monoisotopic (exact) mass is 317 g/mol. The van der Waals surface area contributed by atoms with Gasteiger partial charge in [0.05, 0.1) is 11.7 Å². The zero-order valence-corrected chi connectivity index (χ0v) is 13.5. The first-order valence-corrected chi connectivity index (χ1v) is 7.61. The van der Waals surface area contributed by atoms with E-state index in [9.17, 15) is 4.79 Å². The molecule has 0 spiro atoms. The normalized spacial score (nSPS) is 13.4. The van der Waals surface area contributed by atoms with Crippen LogP contribution in [-0.4, -0.2) is 24.5 Å². The molecule has 2 unspecified atom stereocenters. The molecule has 2 N–H and O–H groups in total. The zero-order chi connectivity index (χ0) is 15.9. The van der Waals surface area contributed by atoms with Crippen molar-refractivity contribution in [2.45, 2.75) is 13.0 Å². The van der Waals surface area contributed by atoms with Crippen LogP contribution in [0.5, 0.6) is 0 Å². The molecule has 1 aromatic heterocycles. The minimum Gasteiger partial charge on any atom is -0.343 e. The average Bonchev–Trinajstić information content (AvgIpc) is 2.53. The molecule has 0 radical (unpaired) electrons. The van der Waals surface area contributed by atoms with Crippen molar-refractivity contribution in [1.82, 2.24) is 15.6 Å². The molecule has 0 bridgehead atoms. The van der Waals surface area contributed by atoms with E-state index in [-0.39, 0.29) is 17.9 Å². The van der Waals surface area contributed by atoms with Gasteiger partial charge in [0.2, 0.25) is 5.91 Å². The van der Waals surface area contributed by atoms with Crippen LogP contribution >= 0.6 is 11.6 Å². The quantitative estimate of drug-likeness (QED) is 0.861. The van der Waals surface area contributed by atoms with Gasteiger partial charge >= 0.3 is 0 Å². The molecule has 0 aliphatic carbocycles. The third-order valence-electron chi connectivity index (χ3n) is 3.41. The molecule has 2 aromatic rings. The van der Waals surface area contributed by atoms with Crippen LogP contribution in [0.4, 0.5) is 0 Å². The van der Waals surface area contributed by atoms with Gasteiger partial charge < -0.3 is 10.6 Å². The van der Waals surface area contributed by atoms with Crippen LogP contribution in [0.25, 0.3) is 0 Å². The number of pyridine rings is 1. The minimum absolute atomic E-state index is 0.0232. The van der Waals surface area contributed by atoms with Crippen molar-refractivity contribution in [3.63, 3.8) is 0 Å². The summed E-state index contributed by atoms with van der Waals surface area (Å²) in [5, 5.41) is 6.71. The van der Waals surface area contributed by atoms with Crippen LogP contribution in [0.1, 0.15) is 24.2 Å². The van der Waals surface area contributed by atoms with Gasteiger partial charge in [0.15, 0.2) is 0 Å². The SMILES string of the molecule is CNCC(C)C(=O)NC(c1cccc(Cl)c1)c1ccccn1. The number of hydrogen-bond donors (Lipinski definition) is 2. The summed E-state index contributed by atoms with van der Waals surface area (Å²) in [5.74, 6) is -0.152. The van der Waals surface area contributed by atoms with E-state index in [0.29, 0.717) is 11.6 Å². The van der Waals surface area contributed by atoms with Crippen molar-refractivity contribution < 1.29 is 4.79 Å². The second-order valence-electron chi connectivity index (χ2n) is 5.21. The van der Waals surface area contributed by atoms with Crippen LogP contribution in [-0.2, 0) is 4.79 Å². The smallest absolute Gasteiger partial charge is 0.224 e. The zero-order valence-electron chi connectivity index (χ0n) is 12.7. The van der Waals surface area contributed by atoms with Crippen molar-refractivity contribution in [1.29, 1.82) is 0 Å². The first-order chi connectivity index (χ1) is 10.6. The first kappa shape index (κ1) is 16.5. The summed E-state index contributed by atoms with van der Waals surface area (Å²) in [6.07, 6.45) is 1.72. The largest absolute Gasteiger partial charge is 0.343 e. The molecule has 2 rings (SSSR count). The lowest BCUT2D eigenvalue weighted by atomic mass is 10.0. The predicted molar refractivity (Wildman–Crippen MR) is 88.8 cm³/mol. The van der Waals surface area contributed by atoms with E-state index in [1.54, 1.807) is 6.20 Å². The van der Waals surface area contributed by atoms with E-state index >= 15 is 0 Å². The molecule has 0 saturated carbocycles. The fourth-order valence-corrected chi connectivity index (χ4v) is 2.44. The molecule has 22 heavy (non-hydrogen) atoms. The number of nitrogens with one attached hydrogen (secondary N) is 2. The number of aromatic nitrogens is 1. The summed E-state index contributed by atoms with van der Waals surface area (Å²) < 4.78 is 0. The molecule has 0 fully saturated rings. The molecule has 0 aliphatic rings. The lowest BCUT2D eigenvalue weighted by molar-refractivity contribution is -0.124. The molecule has 1 amide bonds. The highest BCUT2D eigenvalue weighted by Gasteiger charge is 2.21. The van der Waals surface area contributed by atoms with Crippen LogP contribution in [0.3, 0.4) is 0 Å². The maximum Gasteiger partial charge on any atom is 0.224 e. The van der Waals surface area contributed by atoms with Gasteiger partial charge in [-0.05, 0) is 36.9 Å². The van der Waals surface area contributed by atoms with E-state index in [1.807, 2.05) is 56.4 Å². The molecule has 0 saturated heterocycles. The highest BCUT2D eigenvalue weighted by Crippen LogP contribution is 2.23. The molecule has 5 heteroatoms. The molecule has 4 nitrogen and oxygen atoms in total. The Kier molecular flexibility index (Phi) is 5.92. The summed E-state index contributed by atoms with van der Waals surface area (Å²) in [6.45, 7) is 2.51. The molecule has 2 atom stereocenters. The number of carbonyl (C=O) groups is 1. The Balaban J connectivity index is 2.29. The summed E-state index contributed by atoms with van der Waals surface area (Å²) in [7, 11) is 1.83. The van der Waals surface area contributed by atoms with E-state index in [1.165, 1.54) is 0 Å². The number of nitrogens with zero attached hydrogens (tertiary/aromatic N) is 1. The Morgan fingerprint density at radius 1 is 1.27 bits per heavy atom. The molecule has 0 aliphatic heterocycles. The third-order valence-corrected chi connectivity index (χ3v) is 3.65. The van der Waals surface area contributed by atoms with E-state index in [4.69, 9.17) is 11.6 Å². The van der Waals surface area contributed by atoms with Crippen molar-refractivity contribution in [3.8, 4) is 0 Å². The highest BCUT2D eigenvalue weighted by atomic mass is 35.5. The number of hydrogen-bond acceptors (Lipinski definition) is 3. The fourth-order valence-electron chi connectivity index (χ4n) is 2.24. The molecule has 1 aromatic carbocycles. The van der Waals surface area contributed by atoms with Gasteiger partial charge in [0.1, 0.15) is 0 Å². The van der Waals surface area contributed by atoms with Gasteiger partial charge in [-0.1, -0.05) is 36.7 Å². The summed E-state index contributed by atoms with van der Waals surface area (Å²) in [6, 6.07) is 12.8. The van der Waals surface area contributed by atoms with Crippen LogP contribution < -0.4 is 10.6 Å². The van der Waals surface area contributed by atoms with Gasteiger partial charge in [-0.25, -0.2) is 0 Å². The number of rotatable bonds is 6. The number of carbonyl (C=O) groups excluding carboxylic acids is 1. The van der Waals surface area contributed by atoms with Crippen molar-refractivity contribution in [2.75, 3.05) is 13.6 Å². The van der Waals surface area contributed by atoms with Crippen molar-refractivity contribution >= 4 is 17.5 Å². The van der Waals surface area contributed by atoms with Crippen molar-refractivity contribution in [3.05, 3.63) is 64.9 Å².